The lowest BCUT2D eigenvalue weighted by atomic mass is 9.87. The monoisotopic (exact) mass is 191 g/mol. The summed E-state index contributed by atoms with van der Waals surface area (Å²) in [5.41, 5.74) is 0. The molecule has 1 aliphatic carbocycles. The molecule has 0 amide bonds. The van der Waals surface area contributed by atoms with Crippen molar-refractivity contribution >= 4 is 0 Å². The van der Waals surface area contributed by atoms with Gasteiger partial charge in [0.1, 0.15) is 0 Å². The van der Waals surface area contributed by atoms with Gasteiger partial charge in [-0.05, 0) is 25.7 Å². The van der Waals surface area contributed by atoms with Crippen molar-refractivity contribution in [2.24, 2.45) is 5.92 Å². The average molecular weight is 191 g/mol. The van der Waals surface area contributed by atoms with Crippen LogP contribution in [0.15, 0.2) is 0 Å². The van der Waals surface area contributed by atoms with Gasteiger partial charge in [0, 0.05) is 6.04 Å². The highest BCUT2D eigenvalue weighted by Crippen LogP contribution is 2.24. The second kappa shape index (κ2) is 4.89. The zero-order valence-corrected chi connectivity index (χ0v) is 8.39. The fourth-order valence-electron chi connectivity index (χ4n) is 2.03. The van der Waals surface area contributed by atoms with E-state index in [1.807, 2.05) is 0 Å². The van der Waals surface area contributed by atoms with Crippen LogP contribution in [-0.2, 0) is 0 Å². The molecule has 0 heterocycles. The summed E-state index contributed by atoms with van der Waals surface area (Å²) < 4.78 is 24.4. The quantitative estimate of drug-likeness (QED) is 0.723. The van der Waals surface area contributed by atoms with E-state index in [4.69, 9.17) is 0 Å². The van der Waals surface area contributed by atoms with Crippen molar-refractivity contribution in [3.63, 3.8) is 0 Å². The van der Waals surface area contributed by atoms with Gasteiger partial charge in [-0.1, -0.05) is 19.8 Å². The second-order valence-electron chi connectivity index (χ2n) is 4.26. The minimum absolute atomic E-state index is 0.313. The van der Waals surface area contributed by atoms with Crippen molar-refractivity contribution in [2.45, 2.75) is 58.0 Å². The number of hydrogen-bond donors (Lipinski definition) is 1. The van der Waals surface area contributed by atoms with Crippen molar-refractivity contribution in [3.05, 3.63) is 0 Å². The smallest absolute Gasteiger partial charge is 0.253 e. The van der Waals surface area contributed by atoms with E-state index in [2.05, 4.69) is 12.2 Å². The number of nitrogens with one attached hydrogen (secondary N) is 1. The molecule has 1 rings (SSSR count). The third kappa shape index (κ3) is 3.59. The number of rotatable bonds is 3. The lowest BCUT2D eigenvalue weighted by Crippen LogP contribution is -2.42. The van der Waals surface area contributed by atoms with Gasteiger partial charge in [0.25, 0.3) is 6.43 Å². The molecular formula is C10H19F2N. The minimum Gasteiger partial charge on any atom is -0.306 e. The third-order valence-corrected chi connectivity index (χ3v) is 2.81. The molecule has 1 fully saturated rings. The van der Waals surface area contributed by atoms with Gasteiger partial charge in [-0.25, -0.2) is 8.78 Å². The minimum atomic E-state index is -2.24. The van der Waals surface area contributed by atoms with Gasteiger partial charge in [-0.2, -0.15) is 0 Å². The Morgan fingerprint density at radius 1 is 1.31 bits per heavy atom. The van der Waals surface area contributed by atoms with Crippen molar-refractivity contribution < 1.29 is 8.78 Å². The Kier molecular flexibility index (Phi) is 4.10. The van der Waals surface area contributed by atoms with E-state index in [0.717, 1.165) is 12.8 Å². The molecule has 1 saturated carbocycles. The van der Waals surface area contributed by atoms with E-state index in [-0.39, 0.29) is 0 Å². The third-order valence-electron chi connectivity index (χ3n) is 2.81. The van der Waals surface area contributed by atoms with Crippen LogP contribution in [0.2, 0.25) is 0 Å². The van der Waals surface area contributed by atoms with Gasteiger partial charge in [-0.15, -0.1) is 0 Å². The Bertz CT molecular complexity index is 150. The van der Waals surface area contributed by atoms with Gasteiger partial charge in [-0.3, -0.25) is 0 Å². The van der Waals surface area contributed by atoms with Gasteiger partial charge in [0.2, 0.25) is 0 Å². The maximum atomic E-state index is 12.2. The normalized spacial score (nSPS) is 32.1. The summed E-state index contributed by atoms with van der Waals surface area (Å²) in [5, 5.41) is 3.00. The number of alkyl halides is 2. The van der Waals surface area contributed by atoms with Crippen LogP contribution in [-0.4, -0.2) is 18.5 Å². The standard InChI is InChI=1S/C10H19F2N/c1-7-4-3-5-9(6-7)13-8(2)10(11)12/h7-10,13H,3-6H2,1-2H3. The predicted molar refractivity (Wildman–Crippen MR) is 50.0 cm³/mol. The fraction of sp³-hybridized carbons (Fsp3) is 1.00. The Hall–Kier alpha value is -0.180. The van der Waals surface area contributed by atoms with Crippen molar-refractivity contribution in [1.29, 1.82) is 0 Å². The van der Waals surface area contributed by atoms with Gasteiger partial charge >= 0.3 is 0 Å². The SMILES string of the molecule is CC1CCCC(NC(C)C(F)F)C1. The van der Waals surface area contributed by atoms with Crippen LogP contribution in [0.25, 0.3) is 0 Å². The Morgan fingerprint density at radius 2 is 2.00 bits per heavy atom. The second-order valence-corrected chi connectivity index (χ2v) is 4.26. The summed E-state index contributed by atoms with van der Waals surface area (Å²) in [6.45, 7) is 3.75. The molecule has 1 N–H and O–H groups in total. The van der Waals surface area contributed by atoms with Gasteiger partial charge in [0.15, 0.2) is 0 Å². The highest BCUT2D eigenvalue weighted by atomic mass is 19.3. The van der Waals surface area contributed by atoms with Gasteiger partial charge in [0.05, 0.1) is 6.04 Å². The molecule has 0 saturated heterocycles. The van der Waals surface area contributed by atoms with E-state index >= 15 is 0 Å². The molecule has 78 valence electrons. The van der Waals surface area contributed by atoms with E-state index in [9.17, 15) is 8.78 Å². The van der Waals surface area contributed by atoms with E-state index in [1.165, 1.54) is 12.8 Å². The molecule has 3 heteroatoms. The summed E-state index contributed by atoms with van der Waals surface area (Å²) in [6.07, 6.45) is 2.30. The van der Waals surface area contributed by atoms with Crippen LogP contribution in [0.1, 0.15) is 39.5 Å². The molecule has 1 aliphatic rings. The Morgan fingerprint density at radius 3 is 2.54 bits per heavy atom. The zero-order valence-electron chi connectivity index (χ0n) is 8.39. The largest absolute Gasteiger partial charge is 0.306 e. The lowest BCUT2D eigenvalue weighted by Gasteiger charge is -2.29. The Labute approximate surface area is 78.9 Å². The maximum Gasteiger partial charge on any atom is 0.253 e. The molecular weight excluding hydrogens is 172 g/mol. The summed E-state index contributed by atoms with van der Waals surface area (Å²) in [5.74, 6) is 0.691. The molecule has 0 aliphatic heterocycles. The summed E-state index contributed by atoms with van der Waals surface area (Å²) >= 11 is 0. The topological polar surface area (TPSA) is 12.0 Å². The molecule has 3 atom stereocenters. The first-order chi connectivity index (χ1) is 6.09. The molecule has 0 spiro atoms. The van der Waals surface area contributed by atoms with Crippen LogP contribution in [0, 0.1) is 5.92 Å². The Balaban J connectivity index is 2.27. The van der Waals surface area contributed by atoms with Crippen molar-refractivity contribution in [3.8, 4) is 0 Å². The maximum absolute atomic E-state index is 12.2. The number of hydrogen-bond acceptors (Lipinski definition) is 1. The van der Waals surface area contributed by atoms with Crippen molar-refractivity contribution in [1.82, 2.24) is 5.32 Å². The first-order valence-corrected chi connectivity index (χ1v) is 5.13. The summed E-state index contributed by atoms with van der Waals surface area (Å²) in [4.78, 5) is 0. The molecule has 1 nitrogen and oxygen atoms in total. The first kappa shape index (κ1) is 10.9. The highest BCUT2D eigenvalue weighted by molar-refractivity contribution is 4.78. The molecule has 3 unspecified atom stereocenters. The van der Waals surface area contributed by atoms with Crippen LogP contribution in [0.4, 0.5) is 8.78 Å². The van der Waals surface area contributed by atoms with Crippen LogP contribution >= 0.6 is 0 Å². The fourth-order valence-corrected chi connectivity index (χ4v) is 2.03. The van der Waals surface area contributed by atoms with Crippen LogP contribution in [0.5, 0.6) is 0 Å². The van der Waals surface area contributed by atoms with E-state index in [0.29, 0.717) is 12.0 Å². The molecule has 0 bridgehead atoms. The molecule has 0 radical (unpaired) electrons. The van der Waals surface area contributed by atoms with Crippen molar-refractivity contribution in [2.75, 3.05) is 0 Å². The molecule has 13 heavy (non-hydrogen) atoms. The molecule has 0 aromatic heterocycles. The lowest BCUT2D eigenvalue weighted by molar-refractivity contribution is 0.0938. The van der Waals surface area contributed by atoms with E-state index < -0.39 is 12.5 Å². The summed E-state index contributed by atoms with van der Waals surface area (Å²) in [6, 6.07) is -0.344. The van der Waals surface area contributed by atoms with Gasteiger partial charge < -0.3 is 5.32 Å². The van der Waals surface area contributed by atoms with Crippen LogP contribution < -0.4 is 5.32 Å². The molecule has 0 aromatic rings. The van der Waals surface area contributed by atoms with E-state index in [1.54, 1.807) is 6.92 Å². The average Bonchev–Trinajstić information content (AvgIpc) is 2.04. The zero-order chi connectivity index (χ0) is 9.84. The highest BCUT2D eigenvalue weighted by Gasteiger charge is 2.23. The van der Waals surface area contributed by atoms with Crippen LogP contribution in [0.3, 0.4) is 0 Å². The predicted octanol–water partition coefficient (Wildman–Crippen LogP) is 2.81. The number of halogens is 2. The molecule has 0 aromatic carbocycles. The first-order valence-electron chi connectivity index (χ1n) is 5.13. The summed E-state index contributed by atoms with van der Waals surface area (Å²) in [7, 11) is 0.